The lowest BCUT2D eigenvalue weighted by atomic mass is 10.9. The average Bonchev–Trinajstić information content (AvgIpc) is 2.10. The highest BCUT2D eigenvalue weighted by Gasteiger charge is 2.12. The van der Waals surface area contributed by atoms with Crippen LogP contribution < -0.4 is 0 Å². The number of hydrogen-bond donors (Lipinski definition) is 0. The molecule has 0 aromatic heterocycles. The van der Waals surface area contributed by atoms with Crippen molar-refractivity contribution < 1.29 is 18.2 Å². The molecule has 16 heavy (non-hydrogen) atoms. The van der Waals surface area contributed by atoms with Crippen molar-refractivity contribution in [3.8, 4) is 0 Å². The van der Waals surface area contributed by atoms with Crippen LogP contribution in [0, 0.1) is 0 Å². The van der Waals surface area contributed by atoms with E-state index in [0.717, 1.165) is 0 Å². The molecule has 0 heterocycles. The lowest BCUT2D eigenvalue weighted by Crippen LogP contribution is -1.85. The van der Waals surface area contributed by atoms with Crippen molar-refractivity contribution in [2.24, 2.45) is 0 Å². The number of hydrogen-bond acceptors (Lipinski definition) is 4. The molecule has 0 radical (unpaired) electrons. The summed E-state index contributed by atoms with van der Waals surface area (Å²) >= 11 is 26.0. The number of halogens is 6. The molecule has 0 bridgehead atoms. The quantitative estimate of drug-likeness (QED) is 0.345. The Morgan fingerprint density at radius 3 is 1.12 bits per heavy atom. The summed E-state index contributed by atoms with van der Waals surface area (Å²) in [6.07, 6.45) is -6.54. The Morgan fingerprint density at radius 1 is 0.812 bits per heavy atom. The maximum absolute atomic E-state index is 10.3. The first-order chi connectivity index (χ1) is 7.12. The molecule has 100 valence electrons. The fourth-order valence-electron chi connectivity index (χ4n) is 0.282. The monoisotopic (exact) mass is 480 g/mol. The van der Waals surface area contributed by atoms with Gasteiger partial charge in [-0.2, -0.15) is 0 Å². The summed E-state index contributed by atoms with van der Waals surface area (Å²) in [5.74, 6) is 0. The minimum absolute atomic E-state index is 0.268. The van der Waals surface area contributed by atoms with Crippen LogP contribution in [0.5, 0.6) is 0 Å². The van der Waals surface area contributed by atoms with Crippen LogP contribution in [-0.4, -0.2) is 23.9 Å². The molecular weight excluding hydrogens is 476 g/mol. The van der Waals surface area contributed by atoms with Gasteiger partial charge in [-0.15, -0.1) is 0 Å². The van der Waals surface area contributed by atoms with Gasteiger partial charge in [0, 0.05) is 10.7 Å². The first-order valence-electron chi connectivity index (χ1n) is 3.52. The van der Waals surface area contributed by atoms with Crippen LogP contribution in [0.4, 0.5) is 0 Å². The fraction of sp³-hybridized carbons (Fsp3) is 1.00. The first kappa shape index (κ1) is 20.8. The molecule has 0 saturated carbocycles. The highest BCUT2D eigenvalue weighted by molar-refractivity contribution is 9.09. The SMILES string of the molecule is O=P(Cl)(Cl)OCCBr.O=P(Cl)(Cl)OCCBr. The van der Waals surface area contributed by atoms with Crippen LogP contribution in [-0.2, 0) is 18.2 Å². The largest absolute Gasteiger partial charge is 0.380 e. The minimum atomic E-state index is -3.27. The van der Waals surface area contributed by atoms with Gasteiger partial charge in [0.2, 0.25) is 0 Å². The van der Waals surface area contributed by atoms with Crippen molar-refractivity contribution in [1.29, 1.82) is 0 Å². The second-order valence-corrected chi connectivity index (χ2v) is 12.0. The van der Waals surface area contributed by atoms with E-state index in [1.807, 2.05) is 0 Å². The summed E-state index contributed by atoms with van der Waals surface area (Å²) in [4.78, 5) is 0. The number of alkyl halides is 2. The summed E-state index contributed by atoms with van der Waals surface area (Å²) < 4.78 is 29.4. The molecule has 0 amide bonds. The van der Waals surface area contributed by atoms with Crippen LogP contribution in [0.1, 0.15) is 0 Å². The third kappa shape index (κ3) is 25.4. The molecule has 0 rings (SSSR count). The van der Waals surface area contributed by atoms with Gasteiger partial charge < -0.3 is 9.05 Å². The molecule has 4 nitrogen and oxygen atoms in total. The summed E-state index contributed by atoms with van der Waals surface area (Å²) in [6, 6.07) is 0. The zero-order valence-corrected chi connectivity index (χ0v) is 15.6. The fourth-order valence-corrected chi connectivity index (χ4v) is 2.54. The molecule has 0 aliphatic rings. The number of rotatable bonds is 6. The summed E-state index contributed by atoms with van der Waals surface area (Å²) in [7, 11) is 0. The Balaban J connectivity index is 0. The molecule has 0 unspecified atom stereocenters. The maximum Gasteiger partial charge on any atom is 0.380 e. The molecule has 0 spiro atoms. The topological polar surface area (TPSA) is 52.6 Å². The van der Waals surface area contributed by atoms with E-state index in [9.17, 15) is 9.13 Å². The van der Waals surface area contributed by atoms with Crippen LogP contribution >= 0.6 is 89.0 Å². The van der Waals surface area contributed by atoms with Gasteiger partial charge in [0.15, 0.2) is 0 Å². The maximum atomic E-state index is 10.3. The molecule has 0 saturated heterocycles. The van der Waals surface area contributed by atoms with Crippen molar-refractivity contribution in [2.45, 2.75) is 0 Å². The second-order valence-electron chi connectivity index (χ2n) is 1.87. The van der Waals surface area contributed by atoms with E-state index >= 15 is 0 Å². The van der Waals surface area contributed by atoms with E-state index in [-0.39, 0.29) is 13.2 Å². The van der Waals surface area contributed by atoms with E-state index in [4.69, 9.17) is 45.0 Å². The molecular formula is C4H8Br2Cl4O4P2. The summed E-state index contributed by atoms with van der Waals surface area (Å²) in [6.45, 7) is 0.536. The van der Waals surface area contributed by atoms with E-state index < -0.39 is 12.1 Å². The van der Waals surface area contributed by atoms with Crippen molar-refractivity contribution in [3.63, 3.8) is 0 Å². The lowest BCUT2D eigenvalue weighted by molar-refractivity contribution is 0.359. The van der Waals surface area contributed by atoms with Gasteiger partial charge in [0.25, 0.3) is 0 Å². The Labute approximate surface area is 130 Å². The zero-order valence-electron chi connectivity index (χ0n) is 7.62. The van der Waals surface area contributed by atoms with Crippen LogP contribution in [0.2, 0.25) is 0 Å². The van der Waals surface area contributed by atoms with Gasteiger partial charge in [-0.1, -0.05) is 31.9 Å². The van der Waals surface area contributed by atoms with Crippen molar-refractivity contribution >= 4 is 89.0 Å². The van der Waals surface area contributed by atoms with Crippen LogP contribution in [0.25, 0.3) is 0 Å². The van der Waals surface area contributed by atoms with Crippen molar-refractivity contribution in [3.05, 3.63) is 0 Å². The predicted octanol–water partition coefficient (Wildman–Crippen LogP) is 5.97. The standard InChI is InChI=1S/2C2H4BrCl2O2P/c2*3-1-2-7-8(4,5)6/h2*1-2H2. The highest BCUT2D eigenvalue weighted by atomic mass is 79.9. The zero-order chi connectivity index (χ0) is 13.2. The molecule has 0 aromatic carbocycles. The predicted molar refractivity (Wildman–Crippen MR) is 78.1 cm³/mol. The molecule has 0 N–H and O–H groups in total. The molecule has 0 aliphatic carbocycles. The van der Waals surface area contributed by atoms with Gasteiger partial charge in [-0.05, 0) is 45.0 Å². The van der Waals surface area contributed by atoms with E-state index in [2.05, 4.69) is 40.9 Å². The Bertz CT molecular complexity index is 230. The van der Waals surface area contributed by atoms with Gasteiger partial charge in [-0.3, -0.25) is 9.13 Å². The van der Waals surface area contributed by atoms with E-state index in [1.165, 1.54) is 0 Å². The van der Waals surface area contributed by atoms with Gasteiger partial charge in [0.1, 0.15) is 0 Å². The highest BCUT2D eigenvalue weighted by Crippen LogP contribution is 2.57. The molecule has 0 fully saturated rings. The minimum Gasteiger partial charge on any atom is -0.305 e. The van der Waals surface area contributed by atoms with Gasteiger partial charge in [-0.25, -0.2) is 0 Å². The van der Waals surface area contributed by atoms with Crippen LogP contribution in [0.3, 0.4) is 0 Å². The first-order valence-corrected chi connectivity index (χ1v) is 12.6. The van der Waals surface area contributed by atoms with Crippen LogP contribution in [0.15, 0.2) is 0 Å². The Kier molecular flexibility index (Phi) is 14.7. The molecule has 0 aliphatic heterocycles. The average molecular weight is 484 g/mol. The second kappa shape index (κ2) is 11.3. The summed E-state index contributed by atoms with van der Waals surface area (Å²) in [5, 5.41) is 1.16. The third-order valence-corrected chi connectivity index (χ3v) is 3.42. The Hall–Kier alpha value is 2.50. The smallest absolute Gasteiger partial charge is 0.305 e. The summed E-state index contributed by atoms with van der Waals surface area (Å²) in [5.41, 5.74) is 0. The molecule has 12 heteroatoms. The van der Waals surface area contributed by atoms with Gasteiger partial charge >= 0.3 is 12.1 Å². The van der Waals surface area contributed by atoms with Crippen molar-refractivity contribution in [1.82, 2.24) is 0 Å². The Morgan fingerprint density at radius 2 is 1.06 bits per heavy atom. The molecule has 0 atom stereocenters. The normalized spacial score (nSPS) is 11.9. The third-order valence-electron chi connectivity index (χ3n) is 0.637. The molecule has 0 aromatic rings. The van der Waals surface area contributed by atoms with Crippen molar-refractivity contribution in [2.75, 3.05) is 23.9 Å². The van der Waals surface area contributed by atoms with E-state index in [0.29, 0.717) is 10.7 Å². The van der Waals surface area contributed by atoms with E-state index in [1.54, 1.807) is 0 Å². The van der Waals surface area contributed by atoms with Gasteiger partial charge in [0.05, 0.1) is 13.2 Å². The lowest BCUT2D eigenvalue weighted by Gasteiger charge is -1.98.